The van der Waals surface area contributed by atoms with Crippen LogP contribution in [0.2, 0.25) is 0 Å². The van der Waals surface area contributed by atoms with Gasteiger partial charge < -0.3 is 5.11 Å². The lowest BCUT2D eigenvalue weighted by molar-refractivity contribution is -0.133. The van der Waals surface area contributed by atoms with E-state index in [9.17, 15) is 18.0 Å². The number of rotatable bonds is 5. The zero-order valence-corrected chi connectivity index (χ0v) is 11.8. The number of benzene rings is 1. The molecular weight excluding hydrogens is 305 g/mol. The Balaban J connectivity index is 2.54. The van der Waals surface area contributed by atoms with Crippen LogP contribution in [0.5, 0.6) is 0 Å². The van der Waals surface area contributed by atoms with Crippen molar-refractivity contribution in [3.63, 3.8) is 0 Å². The standard InChI is InChI=1S/C13H11F3N2O2S/c1-2-7-5-17-13(21-6-10(19)20)18(7)9-4-3-8(14)11(15)12(9)16/h3-5H,2,6H2,1H3,(H,19,20). The Morgan fingerprint density at radius 3 is 2.67 bits per heavy atom. The molecule has 2 aromatic rings. The van der Waals surface area contributed by atoms with Crippen LogP contribution in [0.1, 0.15) is 12.6 Å². The second-order valence-corrected chi connectivity index (χ2v) is 5.04. The van der Waals surface area contributed by atoms with E-state index in [0.29, 0.717) is 12.1 Å². The zero-order valence-electron chi connectivity index (χ0n) is 10.9. The van der Waals surface area contributed by atoms with Gasteiger partial charge in [0.05, 0.1) is 11.4 Å². The molecule has 4 nitrogen and oxygen atoms in total. The van der Waals surface area contributed by atoms with Crippen molar-refractivity contribution in [1.82, 2.24) is 9.55 Å². The predicted octanol–water partition coefficient (Wildman–Crippen LogP) is 3.03. The molecule has 0 saturated heterocycles. The van der Waals surface area contributed by atoms with E-state index >= 15 is 0 Å². The highest BCUT2D eigenvalue weighted by Gasteiger charge is 2.20. The largest absolute Gasteiger partial charge is 0.481 e. The van der Waals surface area contributed by atoms with Gasteiger partial charge in [-0.3, -0.25) is 9.36 Å². The van der Waals surface area contributed by atoms with Crippen LogP contribution in [-0.2, 0) is 11.2 Å². The highest BCUT2D eigenvalue weighted by atomic mass is 32.2. The van der Waals surface area contributed by atoms with Gasteiger partial charge in [0.2, 0.25) is 0 Å². The Bertz CT molecular complexity index is 688. The molecule has 0 aliphatic rings. The molecule has 21 heavy (non-hydrogen) atoms. The van der Waals surface area contributed by atoms with Gasteiger partial charge in [0.1, 0.15) is 0 Å². The Morgan fingerprint density at radius 1 is 1.33 bits per heavy atom. The van der Waals surface area contributed by atoms with Crippen LogP contribution in [0.15, 0.2) is 23.5 Å². The SMILES string of the molecule is CCc1cnc(SCC(=O)O)n1-c1ccc(F)c(F)c1F. The second kappa shape index (κ2) is 6.21. The Kier molecular flexibility index (Phi) is 4.56. The molecule has 0 radical (unpaired) electrons. The Morgan fingerprint density at radius 2 is 2.05 bits per heavy atom. The van der Waals surface area contributed by atoms with Crippen molar-refractivity contribution in [3.8, 4) is 5.69 Å². The fourth-order valence-electron chi connectivity index (χ4n) is 1.79. The van der Waals surface area contributed by atoms with E-state index in [4.69, 9.17) is 5.11 Å². The van der Waals surface area contributed by atoms with Crippen molar-refractivity contribution >= 4 is 17.7 Å². The summed E-state index contributed by atoms with van der Waals surface area (Å²) in [4.78, 5) is 14.6. The number of carbonyl (C=O) groups is 1. The monoisotopic (exact) mass is 316 g/mol. The van der Waals surface area contributed by atoms with E-state index in [-0.39, 0.29) is 16.6 Å². The van der Waals surface area contributed by atoms with Gasteiger partial charge in [-0.1, -0.05) is 18.7 Å². The highest BCUT2D eigenvalue weighted by Crippen LogP contribution is 2.27. The summed E-state index contributed by atoms with van der Waals surface area (Å²) in [6.45, 7) is 1.79. The maximum Gasteiger partial charge on any atom is 0.313 e. The molecule has 0 bridgehead atoms. The van der Waals surface area contributed by atoms with Crippen molar-refractivity contribution in [2.45, 2.75) is 18.5 Å². The summed E-state index contributed by atoms with van der Waals surface area (Å²) >= 11 is 0.874. The molecule has 0 amide bonds. The van der Waals surface area contributed by atoms with Gasteiger partial charge in [0, 0.05) is 11.9 Å². The molecule has 0 aliphatic heterocycles. The van der Waals surface area contributed by atoms with E-state index in [1.54, 1.807) is 6.92 Å². The third-order valence-electron chi connectivity index (χ3n) is 2.75. The van der Waals surface area contributed by atoms with E-state index in [1.807, 2.05) is 0 Å². The molecular formula is C13H11F3N2O2S. The third kappa shape index (κ3) is 3.05. The fourth-order valence-corrected chi connectivity index (χ4v) is 2.52. The first-order valence-electron chi connectivity index (χ1n) is 6.00. The van der Waals surface area contributed by atoms with Gasteiger partial charge in [-0.15, -0.1) is 0 Å². The molecule has 1 aromatic heterocycles. The average Bonchev–Trinajstić information content (AvgIpc) is 2.85. The molecule has 2 rings (SSSR count). The van der Waals surface area contributed by atoms with Crippen LogP contribution in [0.25, 0.3) is 5.69 Å². The number of aryl methyl sites for hydroxylation is 1. The van der Waals surface area contributed by atoms with Crippen LogP contribution in [0.4, 0.5) is 13.2 Å². The molecule has 1 aromatic carbocycles. The number of imidazole rings is 1. The minimum atomic E-state index is -1.57. The van der Waals surface area contributed by atoms with Gasteiger partial charge in [-0.2, -0.15) is 0 Å². The van der Waals surface area contributed by atoms with Crippen molar-refractivity contribution in [3.05, 3.63) is 41.5 Å². The summed E-state index contributed by atoms with van der Waals surface area (Å²) in [6.07, 6.45) is 1.92. The quantitative estimate of drug-likeness (QED) is 0.680. The maximum atomic E-state index is 13.9. The van der Waals surface area contributed by atoms with Gasteiger partial charge in [-0.25, -0.2) is 18.2 Å². The first-order valence-corrected chi connectivity index (χ1v) is 6.99. The second-order valence-electron chi connectivity index (χ2n) is 4.10. The molecule has 8 heteroatoms. The van der Waals surface area contributed by atoms with Crippen LogP contribution in [0, 0.1) is 17.5 Å². The lowest BCUT2D eigenvalue weighted by Crippen LogP contribution is -2.07. The highest BCUT2D eigenvalue weighted by molar-refractivity contribution is 7.99. The van der Waals surface area contributed by atoms with Crippen LogP contribution >= 0.6 is 11.8 Å². The number of hydrogen-bond acceptors (Lipinski definition) is 3. The Hall–Kier alpha value is -1.96. The van der Waals surface area contributed by atoms with E-state index in [2.05, 4.69) is 4.98 Å². The first-order chi connectivity index (χ1) is 9.95. The number of thioether (sulfide) groups is 1. The molecule has 0 fully saturated rings. The van der Waals surface area contributed by atoms with Crippen LogP contribution < -0.4 is 0 Å². The van der Waals surface area contributed by atoms with E-state index in [0.717, 1.165) is 23.9 Å². The minimum Gasteiger partial charge on any atom is -0.481 e. The van der Waals surface area contributed by atoms with Gasteiger partial charge in [0.25, 0.3) is 0 Å². The topological polar surface area (TPSA) is 55.1 Å². The average molecular weight is 316 g/mol. The molecule has 0 saturated carbocycles. The van der Waals surface area contributed by atoms with Gasteiger partial charge >= 0.3 is 5.97 Å². The molecule has 0 unspecified atom stereocenters. The molecule has 0 spiro atoms. The van der Waals surface area contributed by atoms with Crippen molar-refractivity contribution in [2.75, 3.05) is 5.75 Å². The lowest BCUT2D eigenvalue weighted by atomic mass is 10.2. The molecule has 0 aliphatic carbocycles. The normalized spacial score (nSPS) is 10.9. The number of carboxylic acids is 1. The predicted molar refractivity (Wildman–Crippen MR) is 71.2 cm³/mol. The number of hydrogen-bond donors (Lipinski definition) is 1. The maximum absolute atomic E-state index is 13.9. The number of halogens is 3. The van der Waals surface area contributed by atoms with E-state index < -0.39 is 23.4 Å². The zero-order chi connectivity index (χ0) is 15.6. The van der Waals surface area contributed by atoms with Crippen LogP contribution in [0.3, 0.4) is 0 Å². The molecule has 112 valence electrons. The Labute approximate surface area is 122 Å². The van der Waals surface area contributed by atoms with Crippen molar-refractivity contribution in [1.29, 1.82) is 0 Å². The summed E-state index contributed by atoms with van der Waals surface area (Å²) in [5.41, 5.74) is 0.365. The van der Waals surface area contributed by atoms with Gasteiger partial charge in [0.15, 0.2) is 22.6 Å². The number of aromatic nitrogens is 2. The number of carboxylic acid groups (broad SMARTS) is 1. The summed E-state index contributed by atoms with van der Waals surface area (Å²) < 4.78 is 41.6. The molecule has 1 heterocycles. The summed E-state index contributed by atoms with van der Waals surface area (Å²) in [7, 11) is 0. The summed E-state index contributed by atoms with van der Waals surface area (Å²) in [5, 5.41) is 8.90. The van der Waals surface area contributed by atoms with Crippen molar-refractivity contribution < 1.29 is 23.1 Å². The fraction of sp³-hybridized carbons (Fsp3) is 0.231. The summed E-state index contributed by atoms with van der Waals surface area (Å²) in [5.74, 6) is -5.52. The summed E-state index contributed by atoms with van der Waals surface area (Å²) in [6, 6.07) is 1.91. The molecule has 0 atom stereocenters. The smallest absolute Gasteiger partial charge is 0.313 e. The van der Waals surface area contributed by atoms with Gasteiger partial charge in [-0.05, 0) is 18.6 Å². The third-order valence-corrected chi connectivity index (χ3v) is 3.68. The van der Waals surface area contributed by atoms with Crippen LogP contribution in [-0.4, -0.2) is 26.4 Å². The molecule has 1 N–H and O–H groups in total. The lowest BCUT2D eigenvalue weighted by Gasteiger charge is -2.12. The van der Waals surface area contributed by atoms with Crippen molar-refractivity contribution in [2.24, 2.45) is 0 Å². The number of aliphatic carboxylic acids is 1. The first kappa shape index (κ1) is 15.4. The van der Waals surface area contributed by atoms with E-state index in [1.165, 1.54) is 10.8 Å². The minimum absolute atomic E-state index is 0.198. The number of nitrogens with zero attached hydrogens (tertiary/aromatic N) is 2.